The Hall–Kier alpha value is -1.58. The van der Waals surface area contributed by atoms with Gasteiger partial charge in [0.1, 0.15) is 11.6 Å². The third-order valence-electron chi connectivity index (χ3n) is 4.21. The van der Waals surface area contributed by atoms with Crippen LogP contribution in [0.25, 0.3) is 0 Å². The van der Waals surface area contributed by atoms with Gasteiger partial charge in [-0.05, 0) is 49.4 Å². The molecule has 1 unspecified atom stereocenters. The highest BCUT2D eigenvalue weighted by Crippen LogP contribution is 2.19. The number of halogens is 2. The Morgan fingerprint density at radius 1 is 1.42 bits per heavy atom. The van der Waals surface area contributed by atoms with E-state index in [1.165, 1.54) is 12.1 Å². The van der Waals surface area contributed by atoms with Crippen molar-refractivity contribution in [1.82, 2.24) is 10.2 Å². The van der Waals surface area contributed by atoms with E-state index in [1.807, 2.05) is 0 Å². The molecule has 3 N–H and O–H groups in total. The van der Waals surface area contributed by atoms with E-state index in [4.69, 9.17) is 10.5 Å². The number of piperidine rings is 1. The van der Waals surface area contributed by atoms with Gasteiger partial charge < -0.3 is 20.7 Å². The van der Waals surface area contributed by atoms with E-state index in [9.17, 15) is 9.18 Å². The molecule has 146 valence electrons. The highest BCUT2D eigenvalue weighted by Gasteiger charge is 2.23. The summed E-state index contributed by atoms with van der Waals surface area (Å²) in [5, 5.41) is 3.33. The predicted octanol–water partition coefficient (Wildman–Crippen LogP) is 2.38. The number of nitrogens with two attached hydrogens (primary N) is 1. The summed E-state index contributed by atoms with van der Waals surface area (Å²) in [6, 6.07) is 6.01. The number of guanidine groups is 1. The van der Waals surface area contributed by atoms with Gasteiger partial charge in [0, 0.05) is 33.1 Å². The fourth-order valence-electron chi connectivity index (χ4n) is 3.03. The van der Waals surface area contributed by atoms with Crippen molar-refractivity contribution in [2.24, 2.45) is 16.6 Å². The number of primary amides is 1. The van der Waals surface area contributed by atoms with Crippen molar-refractivity contribution in [3.8, 4) is 5.75 Å². The Kier molecular flexibility index (Phi) is 10.3. The summed E-state index contributed by atoms with van der Waals surface area (Å²) >= 11 is 0. The van der Waals surface area contributed by atoms with Crippen molar-refractivity contribution in [3.05, 3.63) is 30.1 Å². The maximum Gasteiger partial charge on any atom is 0.217 e. The topological polar surface area (TPSA) is 80.0 Å². The molecule has 1 amide bonds. The first-order valence-corrected chi connectivity index (χ1v) is 8.70. The van der Waals surface area contributed by atoms with Crippen LogP contribution in [0.15, 0.2) is 29.3 Å². The summed E-state index contributed by atoms with van der Waals surface area (Å²) in [5.74, 6) is 1.29. The maximum atomic E-state index is 12.8. The van der Waals surface area contributed by atoms with Gasteiger partial charge in [-0.3, -0.25) is 9.79 Å². The Balaban J connectivity index is 0.00000338. The number of nitrogens with one attached hydrogen (secondary N) is 1. The molecule has 8 heteroatoms. The number of aliphatic imine (C=N–C) groups is 1. The molecule has 26 heavy (non-hydrogen) atoms. The average molecular weight is 478 g/mol. The Morgan fingerprint density at radius 3 is 2.81 bits per heavy atom. The molecule has 1 heterocycles. The average Bonchev–Trinajstić information content (AvgIpc) is 2.59. The van der Waals surface area contributed by atoms with Gasteiger partial charge in [-0.1, -0.05) is 0 Å². The zero-order valence-electron chi connectivity index (χ0n) is 15.1. The molecule has 1 aromatic carbocycles. The second-order valence-electron chi connectivity index (χ2n) is 6.25. The molecule has 1 saturated heterocycles. The molecule has 0 bridgehead atoms. The van der Waals surface area contributed by atoms with E-state index in [-0.39, 0.29) is 35.7 Å². The Labute approximate surface area is 171 Å². The van der Waals surface area contributed by atoms with Crippen LogP contribution in [0.2, 0.25) is 0 Å². The number of carbonyl (C=O) groups is 1. The summed E-state index contributed by atoms with van der Waals surface area (Å²) in [5.41, 5.74) is 5.31. The molecule has 1 atom stereocenters. The SMILES string of the molecule is CN=C(NCCCOc1ccc(F)cc1)N1CCCC(CC(N)=O)C1.I. The fraction of sp³-hybridized carbons (Fsp3) is 0.556. The van der Waals surface area contributed by atoms with Gasteiger partial charge >= 0.3 is 0 Å². The molecule has 2 rings (SSSR count). The first-order chi connectivity index (χ1) is 12.1. The van der Waals surface area contributed by atoms with Gasteiger partial charge in [0.2, 0.25) is 5.91 Å². The van der Waals surface area contributed by atoms with Gasteiger partial charge in [0.25, 0.3) is 0 Å². The van der Waals surface area contributed by atoms with Crippen molar-refractivity contribution < 1.29 is 13.9 Å². The molecule has 0 aromatic heterocycles. The van der Waals surface area contributed by atoms with Crippen molar-refractivity contribution in [1.29, 1.82) is 0 Å². The smallest absolute Gasteiger partial charge is 0.217 e. The lowest BCUT2D eigenvalue weighted by Crippen LogP contribution is -2.47. The molecule has 0 aliphatic carbocycles. The minimum atomic E-state index is -0.269. The van der Waals surface area contributed by atoms with Crippen LogP contribution in [0.1, 0.15) is 25.7 Å². The summed E-state index contributed by atoms with van der Waals surface area (Å²) < 4.78 is 18.4. The van der Waals surface area contributed by atoms with Crippen LogP contribution in [0, 0.1) is 11.7 Å². The van der Waals surface area contributed by atoms with E-state index in [2.05, 4.69) is 15.2 Å². The van der Waals surface area contributed by atoms with Crippen molar-refractivity contribution in [3.63, 3.8) is 0 Å². The van der Waals surface area contributed by atoms with Gasteiger partial charge in [-0.15, -0.1) is 24.0 Å². The van der Waals surface area contributed by atoms with Crippen LogP contribution >= 0.6 is 24.0 Å². The first-order valence-electron chi connectivity index (χ1n) is 8.70. The standard InChI is InChI=1S/C18H27FN4O2.HI/c1-21-18(23-10-2-4-14(13-23)12-17(20)24)22-9-3-11-25-16-7-5-15(19)6-8-16;/h5-8,14H,2-4,9-13H2,1H3,(H2,20,24)(H,21,22);1H. The van der Waals surface area contributed by atoms with Gasteiger partial charge in [-0.25, -0.2) is 4.39 Å². The second kappa shape index (κ2) is 11.9. The molecule has 6 nitrogen and oxygen atoms in total. The lowest BCUT2D eigenvalue weighted by Gasteiger charge is -2.34. The third-order valence-corrected chi connectivity index (χ3v) is 4.21. The molecule has 1 aromatic rings. The summed E-state index contributed by atoms with van der Waals surface area (Å²) in [4.78, 5) is 17.6. The molecule has 0 saturated carbocycles. The number of likely N-dealkylation sites (tertiary alicyclic amines) is 1. The molecular weight excluding hydrogens is 450 g/mol. The molecule has 0 radical (unpaired) electrons. The molecule has 1 aliphatic rings. The highest BCUT2D eigenvalue weighted by atomic mass is 127. The lowest BCUT2D eigenvalue weighted by atomic mass is 9.95. The summed E-state index contributed by atoms with van der Waals surface area (Å²) in [6.45, 7) is 3.00. The molecule has 0 spiro atoms. The summed E-state index contributed by atoms with van der Waals surface area (Å²) in [6.07, 6.45) is 3.29. The quantitative estimate of drug-likeness (QED) is 0.273. The van der Waals surface area contributed by atoms with Crippen molar-refractivity contribution in [2.75, 3.05) is 33.3 Å². The lowest BCUT2D eigenvalue weighted by molar-refractivity contribution is -0.119. The van der Waals surface area contributed by atoms with Crippen LogP contribution in [-0.2, 0) is 4.79 Å². The van der Waals surface area contributed by atoms with E-state index >= 15 is 0 Å². The van der Waals surface area contributed by atoms with Crippen LogP contribution in [0.3, 0.4) is 0 Å². The minimum absolute atomic E-state index is 0. The highest BCUT2D eigenvalue weighted by molar-refractivity contribution is 14.0. The summed E-state index contributed by atoms with van der Waals surface area (Å²) in [7, 11) is 1.76. The van der Waals surface area contributed by atoms with Crippen LogP contribution in [-0.4, -0.2) is 50.1 Å². The van der Waals surface area contributed by atoms with Gasteiger partial charge in [-0.2, -0.15) is 0 Å². The number of amides is 1. The maximum absolute atomic E-state index is 12.8. The number of hydrogen-bond donors (Lipinski definition) is 2. The number of hydrogen-bond acceptors (Lipinski definition) is 3. The van der Waals surface area contributed by atoms with Crippen LogP contribution in [0.4, 0.5) is 4.39 Å². The Bertz CT molecular complexity index is 583. The van der Waals surface area contributed by atoms with Gasteiger partial charge in [0.05, 0.1) is 6.61 Å². The minimum Gasteiger partial charge on any atom is -0.494 e. The van der Waals surface area contributed by atoms with E-state index < -0.39 is 0 Å². The second-order valence-corrected chi connectivity index (χ2v) is 6.25. The number of nitrogens with zero attached hydrogens (tertiary/aromatic N) is 2. The zero-order valence-corrected chi connectivity index (χ0v) is 17.4. The first kappa shape index (κ1) is 22.5. The monoisotopic (exact) mass is 478 g/mol. The van der Waals surface area contributed by atoms with Crippen LogP contribution in [0.5, 0.6) is 5.75 Å². The van der Waals surface area contributed by atoms with E-state index in [0.717, 1.165) is 44.9 Å². The molecular formula is C18H28FIN4O2. The Morgan fingerprint density at radius 2 is 2.15 bits per heavy atom. The number of carbonyl (C=O) groups excluding carboxylic acids is 1. The molecule has 1 aliphatic heterocycles. The van der Waals surface area contributed by atoms with E-state index in [1.54, 1.807) is 19.2 Å². The number of rotatable bonds is 7. The normalized spacial score (nSPS) is 17.4. The van der Waals surface area contributed by atoms with Crippen molar-refractivity contribution in [2.45, 2.75) is 25.7 Å². The molecule has 1 fully saturated rings. The van der Waals surface area contributed by atoms with E-state index in [0.29, 0.717) is 24.7 Å². The number of benzene rings is 1. The van der Waals surface area contributed by atoms with Crippen LogP contribution < -0.4 is 15.8 Å². The zero-order chi connectivity index (χ0) is 18.1. The largest absolute Gasteiger partial charge is 0.494 e. The predicted molar refractivity (Wildman–Crippen MR) is 111 cm³/mol. The fourth-order valence-corrected chi connectivity index (χ4v) is 3.03. The third kappa shape index (κ3) is 7.76. The number of ether oxygens (including phenoxy) is 1. The van der Waals surface area contributed by atoms with Crippen molar-refractivity contribution >= 4 is 35.8 Å². The van der Waals surface area contributed by atoms with Gasteiger partial charge in [0.15, 0.2) is 5.96 Å².